The first-order valence-corrected chi connectivity index (χ1v) is 7.59. The highest BCUT2D eigenvalue weighted by Crippen LogP contribution is 2.18. The van der Waals surface area contributed by atoms with E-state index in [4.69, 9.17) is 4.74 Å². The molecule has 1 rings (SSSR count). The van der Waals surface area contributed by atoms with Gasteiger partial charge in [-0.05, 0) is 43.0 Å². The van der Waals surface area contributed by atoms with Crippen LogP contribution in [0.25, 0.3) is 5.57 Å². The highest BCUT2D eigenvalue weighted by molar-refractivity contribution is 6.08. The summed E-state index contributed by atoms with van der Waals surface area (Å²) in [4.78, 5) is 0. The molecule has 1 nitrogen and oxygen atoms in total. The van der Waals surface area contributed by atoms with Gasteiger partial charge >= 0.3 is 0 Å². The SMILES string of the molecule is CC/C=C(\C)c1ccc(OCCC[SiH3])cc1. The van der Waals surface area contributed by atoms with Gasteiger partial charge in [0.1, 0.15) is 5.75 Å². The summed E-state index contributed by atoms with van der Waals surface area (Å²) in [6, 6.07) is 9.72. The van der Waals surface area contributed by atoms with E-state index in [0.29, 0.717) is 0 Å². The summed E-state index contributed by atoms with van der Waals surface area (Å²) in [5.74, 6) is 0.989. The lowest BCUT2D eigenvalue weighted by molar-refractivity contribution is 0.317. The third kappa shape index (κ3) is 4.23. The smallest absolute Gasteiger partial charge is 0.119 e. The van der Waals surface area contributed by atoms with Gasteiger partial charge in [-0.1, -0.05) is 31.2 Å². The van der Waals surface area contributed by atoms with Crippen molar-refractivity contribution in [2.45, 2.75) is 32.7 Å². The van der Waals surface area contributed by atoms with Crippen molar-refractivity contribution >= 4 is 15.8 Å². The van der Waals surface area contributed by atoms with E-state index in [1.807, 2.05) is 0 Å². The van der Waals surface area contributed by atoms with Crippen LogP contribution in [0.4, 0.5) is 0 Å². The van der Waals surface area contributed by atoms with E-state index in [-0.39, 0.29) is 0 Å². The Morgan fingerprint density at radius 3 is 2.56 bits per heavy atom. The Kier molecular flexibility index (Phi) is 5.94. The van der Waals surface area contributed by atoms with E-state index in [0.717, 1.165) is 18.8 Å². The van der Waals surface area contributed by atoms with E-state index < -0.39 is 0 Å². The molecule has 0 bridgehead atoms. The maximum Gasteiger partial charge on any atom is 0.119 e. The van der Waals surface area contributed by atoms with Crippen molar-refractivity contribution in [2.75, 3.05) is 6.61 Å². The first-order chi connectivity index (χ1) is 7.77. The fraction of sp³-hybridized carbons (Fsp3) is 0.429. The molecule has 0 fully saturated rings. The van der Waals surface area contributed by atoms with E-state index >= 15 is 0 Å². The fourth-order valence-corrected chi connectivity index (χ4v) is 1.86. The normalized spacial score (nSPS) is 11.8. The van der Waals surface area contributed by atoms with Gasteiger partial charge in [-0.15, -0.1) is 0 Å². The Balaban J connectivity index is 2.57. The second-order valence-electron chi connectivity index (χ2n) is 4.02. The van der Waals surface area contributed by atoms with E-state index in [2.05, 4.69) is 44.2 Å². The minimum absolute atomic E-state index is 0.854. The summed E-state index contributed by atoms with van der Waals surface area (Å²) < 4.78 is 5.64. The van der Waals surface area contributed by atoms with Crippen LogP contribution in [0.3, 0.4) is 0 Å². The minimum Gasteiger partial charge on any atom is -0.494 e. The van der Waals surface area contributed by atoms with Crippen LogP contribution in [0, 0.1) is 0 Å². The maximum atomic E-state index is 5.64. The average Bonchev–Trinajstić information content (AvgIpc) is 2.30. The van der Waals surface area contributed by atoms with Crippen molar-refractivity contribution in [2.24, 2.45) is 0 Å². The van der Waals surface area contributed by atoms with Crippen LogP contribution in [0.15, 0.2) is 30.3 Å². The number of hydrogen-bond donors (Lipinski definition) is 0. The molecular weight excluding hydrogens is 212 g/mol. The van der Waals surface area contributed by atoms with Crippen LogP contribution in [-0.4, -0.2) is 16.8 Å². The molecule has 0 heterocycles. The van der Waals surface area contributed by atoms with Gasteiger partial charge in [0, 0.05) is 10.2 Å². The number of ether oxygens (including phenoxy) is 1. The second-order valence-corrected chi connectivity index (χ2v) is 5.02. The van der Waals surface area contributed by atoms with Crippen molar-refractivity contribution in [1.82, 2.24) is 0 Å². The lowest BCUT2D eigenvalue weighted by atomic mass is 10.1. The highest BCUT2D eigenvalue weighted by atomic mass is 28.1. The molecule has 0 saturated carbocycles. The molecule has 88 valence electrons. The first kappa shape index (κ1) is 13.0. The van der Waals surface area contributed by atoms with Gasteiger partial charge in [-0.3, -0.25) is 0 Å². The molecule has 0 aromatic heterocycles. The monoisotopic (exact) mass is 234 g/mol. The molecule has 0 N–H and O–H groups in total. The van der Waals surface area contributed by atoms with Gasteiger partial charge in [0.15, 0.2) is 0 Å². The molecule has 0 aliphatic rings. The maximum absolute atomic E-state index is 5.64. The zero-order valence-electron chi connectivity index (χ0n) is 10.6. The standard InChI is InChI=1S/C14H22OSi/c1-3-5-12(2)13-6-8-14(9-7-13)15-10-4-11-16/h5-9H,3-4,10-11H2,1-2,16H3/b12-5+. The van der Waals surface area contributed by atoms with Crippen LogP contribution < -0.4 is 4.74 Å². The Morgan fingerprint density at radius 1 is 1.31 bits per heavy atom. The molecule has 0 amide bonds. The zero-order valence-corrected chi connectivity index (χ0v) is 12.6. The summed E-state index contributed by atoms with van der Waals surface area (Å²) in [5.41, 5.74) is 2.63. The van der Waals surface area contributed by atoms with Crippen LogP contribution in [0.1, 0.15) is 32.3 Å². The van der Waals surface area contributed by atoms with Crippen molar-refractivity contribution < 1.29 is 4.74 Å². The largest absolute Gasteiger partial charge is 0.494 e. The molecule has 1 aromatic carbocycles. The van der Waals surface area contributed by atoms with Crippen LogP contribution >= 0.6 is 0 Å². The molecule has 2 heteroatoms. The Bertz CT molecular complexity index is 327. The van der Waals surface area contributed by atoms with Gasteiger partial charge in [0.05, 0.1) is 6.61 Å². The van der Waals surface area contributed by atoms with E-state index in [1.165, 1.54) is 33.8 Å². The number of rotatable bonds is 6. The quantitative estimate of drug-likeness (QED) is 0.543. The van der Waals surface area contributed by atoms with Gasteiger partial charge < -0.3 is 4.74 Å². The van der Waals surface area contributed by atoms with Gasteiger partial charge in [-0.25, -0.2) is 0 Å². The van der Waals surface area contributed by atoms with Crippen LogP contribution in [0.5, 0.6) is 5.75 Å². The van der Waals surface area contributed by atoms with E-state index in [9.17, 15) is 0 Å². The molecule has 0 unspecified atom stereocenters. The van der Waals surface area contributed by atoms with Gasteiger partial charge in [0.25, 0.3) is 0 Å². The molecule has 0 aliphatic carbocycles. The lowest BCUT2D eigenvalue weighted by Gasteiger charge is -2.06. The van der Waals surface area contributed by atoms with Crippen molar-refractivity contribution in [3.63, 3.8) is 0 Å². The average molecular weight is 234 g/mol. The van der Waals surface area contributed by atoms with Gasteiger partial charge in [-0.2, -0.15) is 0 Å². The molecule has 0 spiro atoms. The molecule has 0 aliphatic heterocycles. The molecule has 16 heavy (non-hydrogen) atoms. The molecule has 0 saturated heterocycles. The Labute approximate surface area is 102 Å². The second kappa shape index (κ2) is 7.28. The van der Waals surface area contributed by atoms with E-state index in [1.54, 1.807) is 0 Å². The lowest BCUT2D eigenvalue weighted by Crippen LogP contribution is -1.96. The third-order valence-electron chi connectivity index (χ3n) is 2.59. The fourth-order valence-electron chi connectivity index (χ4n) is 1.57. The predicted molar refractivity (Wildman–Crippen MR) is 75.2 cm³/mol. The summed E-state index contributed by atoms with van der Waals surface area (Å²) in [5, 5.41) is 0. The van der Waals surface area contributed by atoms with Crippen LogP contribution in [0.2, 0.25) is 6.04 Å². The van der Waals surface area contributed by atoms with Crippen LogP contribution in [-0.2, 0) is 0 Å². The highest BCUT2D eigenvalue weighted by Gasteiger charge is 1.96. The summed E-state index contributed by atoms with van der Waals surface area (Å²) in [6.07, 6.45) is 4.52. The molecule has 1 aromatic rings. The number of hydrogen-bond acceptors (Lipinski definition) is 1. The Morgan fingerprint density at radius 2 is 2.00 bits per heavy atom. The topological polar surface area (TPSA) is 9.23 Å². The summed E-state index contributed by atoms with van der Waals surface area (Å²) in [7, 11) is 1.27. The Hall–Kier alpha value is -1.02. The summed E-state index contributed by atoms with van der Waals surface area (Å²) in [6.45, 7) is 5.17. The summed E-state index contributed by atoms with van der Waals surface area (Å²) >= 11 is 0. The number of benzene rings is 1. The minimum atomic E-state index is 0.854. The van der Waals surface area contributed by atoms with Crippen molar-refractivity contribution in [1.29, 1.82) is 0 Å². The van der Waals surface area contributed by atoms with Crippen molar-refractivity contribution in [3.05, 3.63) is 35.9 Å². The van der Waals surface area contributed by atoms with Gasteiger partial charge in [0.2, 0.25) is 0 Å². The zero-order chi connectivity index (χ0) is 11.8. The first-order valence-electron chi connectivity index (χ1n) is 6.18. The predicted octanol–water partition coefficient (Wildman–Crippen LogP) is 3.05. The molecule has 0 atom stereocenters. The molecule has 0 radical (unpaired) electrons. The third-order valence-corrected chi connectivity index (χ3v) is 3.29. The van der Waals surface area contributed by atoms with Crippen molar-refractivity contribution in [3.8, 4) is 5.75 Å². The number of allylic oxidation sites excluding steroid dienone is 2. The molecular formula is C14H22OSi.